The molecule has 13 heavy (non-hydrogen) atoms. The molecule has 74 valence electrons. The highest BCUT2D eigenvalue weighted by atomic mass is 15.2. The molecule has 0 bridgehead atoms. The van der Waals surface area contributed by atoms with E-state index in [1.807, 2.05) is 13.0 Å². The maximum atomic E-state index is 3.78. The van der Waals surface area contributed by atoms with Gasteiger partial charge >= 0.3 is 0 Å². The molecule has 0 amide bonds. The lowest BCUT2D eigenvalue weighted by atomic mass is 10.1. The monoisotopic (exact) mass is 180 g/mol. The molecule has 0 radical (unpaired) electrons. The van der Waals surface area contributed by atoms with Crippen LogP contribution in [-0.2, 0) is 0 Å². The summed E-state index contributed by atoms with van der Waals surface area (Å²) in [6.45, 7) is 4.08. The smallest absolute Gasteiger partial charge is 0.0492 e. The van der Waals surface area contributed by atoms with Gasteiger partial charge in [-0.25, -0.2) is 0 Å². The first-order valence-electron chi connectivity index (χ1n) is 5.08. The van der Waals surface area contributed by atoms with E-state index in [0.29, 0.717) is 0 Å². The van der Waals surface area contributed by atoms with Crippen LogP contribution < -0.4 is 0 Å². The molecule has 0 fully saturated rings. The van der Waals surface area contributed by atoms with Crippen LogP contribution in [0.4, 0.5) is 0 Å². The highest BCUT2D eigenvalue weighted by molar-refractivity contribution is 5.71. The molecule has 0 saturated heterocycles. The zero-order valence-electron chi connectivity index (χ0n) is 8.74. The third-order valence-electron chi connectivity index (χ3n) is 1.70. The summed E-state index contributed by atoms with van der Waals surface area (Å²) in [5, 5.41) is 7.49. The number of nitrogens with zero attached hydrogens (tertiary/aromatic N) is 2. The average molecular weight is 180 g/mol. The molecular weight excluding hydrogens is 160 g/mol. The van der Waals surface area contributed by atoms with Crippen molar-refractivity contribution >= 4 is 12.4 Å². The third-order valence-corrected chi connectivity index (χ3v) is 1.70. The first-order valence-corrected chi connectivity index (χ1v) is 5.08. The van der Waals surface area contributed by atoms with Crippen molar-refractivity contribution in [2.75, 3.05) is 0 Å². The molecule has 0 aromatic rings. The summed E-state index contributed by atoms with van der Waals surface area (Å²) in [4.78, 5) is 0. The Morgan fingerprint density at radius 2 is 1.92 bits per heavy atom. The van der Waals surface area contributed by atoms with Crippen molar-refractivity contribution in [1.29, 1.82) is 0 Å². The Bertz CT molecular complexity index is 169. The van der Waals surface area contributed by atoms with Crippen molar-refractivity contribution in [3.8, 4) is 0 Å². The first-order chi connectivity index (χ1) is 6.41. The zero-order chi connectivity index (χ0) is 9.78. The maximum absolute atomic E-state index is 3.78. The lowest BCUT2D eigenvalue weighted by Crippen LogP contribution is -1.73. The van der Waals surface area contributed by atoms with Crippen molar-refractivity contribution in [1.82, 2.24) is 0 Å². The number of unbranched alkanes of at least 4 members (excludes halogenated alkanes) is 4. The maximum Gasteiger partial charge on any atom is 0.0492 e. The molecule has 0 aliphatic heterocycles. The molecule has 0 atom stereocenters. The minimum atomic E-state index is 1.15. The molecule has 0 N–H and O–H groups in total. The van der Waals surface area contributed by atoms with Crippen molar-refractivity contribution < 1.29 is 0 Å². The predicted octanol–water partition coefficient (Wildman–Crippen LogP) is 3.59. The van der Waals surface area contributed by atoms with Crippen molar-refractivity contribution in [2.45, 2.75) is 46.0 Å². The molecular formula is C11H20N2. The van der Waals surface area contributed by atoms with Crippen molar-refractivity contribution in [3.05, 3.63) is 12.2 Å². The molecule has 2 nitrogen and oxygen atoms in total. The molecule has 0 aliphatic carbocycles. The van der Waals surface area contributed by atoms with Crippen LogP contribution in [0.5, 0.6) is 0 Å². The molecule has 0 unspecified atom stereocenters. The Balaban J connectivity index is 3.21. The Hall–Kier alpha value is -0.920. The summed E-state index contributed by atoms with van der Waals surface area (Å²) in [5.74, 6) is 0. The fraction of sp³-hybridized carbons (Fsp3) is 0.636. The Morgan fingerprint density at radius 3 is 2.62 bits per heavy atom. The first kappa shape index (κ1) is 12.1. The summed E-state index contributed by atoms with van der Waals surface area (Å²) in [7, 11) is 0. The van der Waals surface area contributed by atoms with Crippen LogP contribution in [0.3, 0.4) is 0 Å². The Kier molecular flexibility index (Phi) is 10.3. The van der Waals surface area contributed by atoms with E-state index in [2.05, 4.69) is 23.2 Å². The second kappa shape index (κ2) is 11.1. The molecule has 0 spiro atoms. The largest absolute Gasteiger partial charge is 0.164 e. The number of hydrogen-bond donors (Lipinski definition) is 0. The molecule has 0 heterocycles. The van der Waals surface area contributed by atoms with Crippen LogP contribution >= 0.6 is 0 Å². The summed E-state index contributed by atoms with van der Waals surface area (Å²) >= 11 is 0. The van der Waals surface area contributed by atoms with E-state index in [1.54, 1.807) is 12.4 Å². The molecule has 2 heteroatoms. The van der Waals surface area contributed by atoms with E-state index in [4.69, 9.17) is 0 Å². The number of rotatable bonds is 7. The fourth-order valence-corrected chi connectivity index (χ4v) is 0.990. The molecule has 0 aromatic heterocycles. The van der Waals surface area contributed by atoms with Gasteiger partial charge in [0.15, 0.2) is 0 Å². The van der Waals surface area contributed by atoms with E-state index in [1.165, 1.54) is 25.7 Å². The summed E-state index contributed by atoms with van der Waals surface area (Å²) in [6, 6.07) is 0. The van der Waals surface area contributed by atoms with Gasteiger partial charge in [0.25, 0.3) is 0 Å². The van der Waals surface area contributed by atoms with Gasteiger partial charge in [0.05, 0.1) is 0 Å². The molecule has 0 rings (SSSR count). The fourth-order valence-electron chi connectivity index (χ4n) is 0.990. The summed E-state index contributed by atoms with van der Waals surface area (Å²) in [5.41, 5.74) is 0. The van der Waals surface area contributed by atoms with Crippen LogP contribution in [0, 0.1) is 0 Å². The van der Waals surface area contributed by atoms with Crippen LogP contribution in [-0.4, -0.2) is 12.4 Å². The van der Waals surface area contributed by atoms with Gasteiger partial charge < -0.3 is 0 Å². The molecule has 0 saturated carbocycles. The zero-order valence-corrected chi connectivity index (χ0v) is 8.74. The number of hydrogen-bond acceptors (Lipinski definition) is 2. The standard InChI is InChI=1S/C11H20N2/c1-3-5-6-7-8-9-10-11-13-12-4-2/h4,9-11H,3,5-8H2,1-2H3/b10-9?,12-4-,13-11-. The third kappa shape index (κ3) is 11.1. The highest BCUT2D eigenvalue weighted by Crippen LogP contribution is 2.02. The molecule has 0 aliphatic rings. The van der Waals surface area contributed by atoms with Crippen LogP contribution in [0.2, 0.25) is 0 Å². The lowest BCUT2D eigenvalue weighted by molar-refractivity contribution is 0.674. The molecule has 0 aromatic carbocycles. The van der Waals surface area contributed by atoms with Crippen LogP contribution in [0.1, 0.15) is 46.0 Å². The van der Waals surface area contributed by atoms with Gasteiger partial charge in [-0.15, -0.1) is 0 Å². The van der Waals surface area contributed by atoms with E-state index >= 15 is 0 Å². The minimum Gasteiger partial charge on any atom is -0.164 e. The Morgan fingerprint density at radius 1 is 1.08 bits per heavy atom. The topological polar surface area (TPSA) is 24.7 Å². The highest BCUT2D eigenvalue weighted by Gasteiger charge is 1.82. The normalized spacial score (nSPS) is 12.5. The van der Waals surface area contributed by atoms with Gasteiger partial charge in [-0.2, -0.15) is 10.2 Å². The van der Waals surface area contributed by atoms with Gasteiger partial charge in [0.2, 0.25) is 0 Å². The SMILES string of the molecule is C/C=N\N=C/C=CCCCCCC. The van der Waals surface area contributed by atoms with Gasteiger partial charge in [0, 0.05) is 12.4 Å². The van der Waals surface area contributed by atoms with Gasteiger partial charge in [-0.1, -0.05) is 32.3 Å². The van der Waals surface area contributed by atoms with E-state index < -0.39 is 0 Å². The number of allylic oxidation sites excluding steroid dienone is 2. The second-order valence-corrected chi connectivity index (χ2v) is 2.92. The van der Waals surface area contributed by atoms with Gasteiger partial charge in [-0.3, -0.25) is 0 Å². The average Bonchev–Trinajstić information content (AvgIpc) is 2.16. The van der Waals surface area contributed by atoms with E-state index in [0.717, 1.165) is 6.42 Å². The van der Waals surface area contributed by atoms with Crippen molar-refractivity contribution in [3.63, 3.8) is 0 Å². The van der Waals surface area contributed by atoms with Gasteiger partial charge in [-0.05, 0) is 25.8 Å². The summed E-state index contributed by atoms with van der Waals surface area (Å²) < 4.78 is 0. The van der Waals surface area contributed by atoms with E-state index in [9.17, 15) is 0 Å². The second-order valence-electron chi connectivity index (χ2n) is 2.92. The van der Waals surface area contributed by atoms with E-state index in [-0.39, 0.29) is 0 Å². The predicted molar refractivity (Wildman–Crippen MR) is 60.6 cm³/mol. The van der Waals surface area contributed by atoms with Crippen LogP contribution in [0.15, 0.2) is 22.4 Å². The van der Waals surface area contributed by atoms with Crippen molar-refractivity contribution in [2.24, 2.45) is 10.2 Å². The van der Waals surface area contributed by atoms with Gasteiger partial charge in [0.1, 0.15) is 0 Å². The quantitative estimate of drug-likeness (QED) is 0.325. The summed E-state index contributed by atoms with van der Waals surface area (Å²) in [6.07, 6.45) is 13.9. The van der Waals surface area contributed by atoms with Crippen LogP contribution in [0.25, 0.3) is 0 Å². The lowest BCUT2D eigenvalue weighted by Gasteiger charge is -1.92. The Labute approximate surface area is 81.5 Å². The minimum absolute atomic E-state index is 1.15.